The first-order valence-corrected chi connectivity index (χ1v) is 8.70. The average Bonchev–Trinajstić information content (AvgIpc) is 2.65. The van der Waals surface area contributed by atoms with Gasteiger partial charge in [0.1, 0.15) is 0 Å². The Kier molecular flexibility index (Phi) is 5.48. The fraction of sp³-hybridized carbons (Fsp3) is 0.300. The standard InChI is InChI=1S/C20H19F3N2O2/c21-20(22,23)15-7-3-8-16(13-15)24-18(26)10-11-19(27)25-12-4-6-14-5-1-2-9-17(14)25/h1-3,5,7-9,13H,4,6,10-12H2,(H,24,26). The highest BCUT2D eigenvalue weighted by molar-refractivity contribution is 5.98. The number of hydrogen-bond donors (Lipinski definition) is 1. The number of alkyl halides is 3. The summed E-state index contributed by atoms with van der Waals surface area (Å²) in [4.78, 5) is 26.2. The van der Waals surface area contributed by atoms with Gasteiger partial charge in [0, 0.05) is 30.8 Å². The molecule has 0 bridgehead atoms. The van der Waals surface area contributed by atoms with E-state index in [9.17, 15) is 22.8 Å². The van der Waals surface area contributed by atoms with E-state index in [1.54, 1.807) is 4.90 Å². The molecule has 2 amide bonds. The fourth-order valence-electron chi connectivity index (χ4n) is 3.14. The first-order valence-electron chi connectivity index (χ1n) is 8.70. The van der Waals surface area contributed by atoms with Crippen LogP contribution in [0.25, 0.3) is 0 Å². The van der Waals surface area contributed by atoms with Gasteiger partial charge in [-0.25, -0.2) is 0 Å². The first kappa shape index (κ1) is 18.9. The summed E-state index contributed by atoms with van der Waals surface area (Å²) in [5.41, 5.74) is 1.20. The van der Waals surface area contributed by atoms with Crippen LogP contribution in [0.1, 0.15) is 30.4 Å². The van der Waals surface area contributed by atoms with E-state index < -0.39 is 17.6 Å². The van der Waals surface area contributed by atoms with E-state index >= 15 is 0 Å². The highest BCUT2D eigenvalue weighted by atomic mass is 19.4. The van der Waals surface area contributed by atoms with E-state index in [1.807, 2.05) is 24.3 Å². The molecule has 4 nitrogen and oxygen atoms in total. The molecule has 0 aromatic heterocycles. The molecule has 2 aromatic carbocycles. The van der Waals surface area contributed by atoms with Crippen molar-refractivity contribution in [3.05, 3.63) is 59.7 Å². The van der Waals surface area contributed by atoms with Crippen molar-refractivity contribution >= 4 is 23.2 Å². The fourth-order valence-corrected chi connectivity index (χ4v) is 3.14. The molecule has 1 heterocycles. The number of benzene rings is 2. The van der Waals surface area contributed by atoms with Crippen LogP contribution in [-0.2, 0) is 22.2 Å². The van der Waals surface area contributed by atoms with Crippen LogP contribution in [0.2, 0.25) is 0 Å². The highest BCUT2D eigenvalue weighted by Crippen LogP contribution is 2.31. The van der Waals surface area contributed by atoms with Crippen LogP contribution in [0, 0.1) is 0 Å². The Morgan fingerprint density at radius 2 is 1.81 bits per heavy atom. The van der Waals surface area contributed by atoms with Gasteiger partial charge in [-0.15, -0.1) is 0 Å². The van der Waals surface area contributed by atoms with Crippen molar-refractivity contribution in [1.82, 2.24) is 0 Å². The number of nitrogens with zero attached hydrogens (tertiary/aromatic N) is 1. The van der Waals surface area contributed by atoms with Gasteiger partial charge >= 0.3 is 6.18 Å². The van der Waals surface area contributed by atoms with E-state index in [2.05, 4.69) is 5.32 Å². The van der Waals surface area contributed by atoms with E-state index in [-0.39, 0.29) is 24.4 Å². The van der Waals surface area contributed by atoms with Crippen LogP contribution in [0.3, 0.4) is 0 Å². The van der Waals surface area contributed by atoms with Crippen molar-refractivity contribution < 1.29 is 22.8 Å². The molecule has 7 heteroatoms. The molecule has 142 valence electrons. The molecule has 0 unspecified atom stereocenters. The lowest BCUT2D eigenvalue weighted by atomic mass is 10.0. The summed E-state index contributed by atoms with van der Waals surface area (Å²) in [5, 5.41) is 2.42. The predicted octanol–water partition coefficient (Wildman–Crippen LogP) is 4.40. The quantitative estimate of drug-likeness (QED) is 0.860. The van der Waals surface area contributed by atoms with Crippen LogP contribution >= 0.6 is 0 Å². The zero-order valence-electron chi connectivity index (χ0n) is 14.6. The third-order valence-corrected chi connectivity index (χ3v) is 4.45. The van der Waals surface area contributed by atoms with Gasteiger partial charge in [0.25, 0.3) is 0 Å². The number of amides is 2. The Balaban J connectivity index is 1.58. The van der Waals surface area contributed by atoms with Gasteiger partial charge < -0.3 is 10.2 Å². The maximum absolute atomic E-state index is 12.7. The van der Waals surface area contributed by atoms with Gasteiger partial charge in [-0.1, -0.05) is 24.3 Å². The second-order valence-corrected chi connectivity index (χ2v) is 6.40. The summed E-state index contributed by atoms with van der Waals surface area (Å²) in [6.45, 7) is 0.602. The third-order valence-electron chi connectivity index (χ3n) is 4.45. The number of hydrogen-bond acceptors (Lipinski definition) is 2. The largest absolute Gasteiger partial charge is 0.416 e. The van der Waals surface area contributed by atoms with Gasteiger partial charge in [0.2, 0.25) is 11.8 Å². The summed E-state index contributed by atoms with van der Waals surface area (Å²) in [7, 11) is 0. The minimum Gasteiger partial charge on any atom is -0.326 e. The number of rotatable bonds is 4. The Morgan fingerprint density at radius 3 is 2.59 bits per heavy atom. The number of anilines is 2. The lowest BCUT2D eigenvalue weighted by Gasteiger charge is -2.29. The van der Waals surface area contributed by atoms with Crippen LogP contribution in [-0.4, -0.2) is 18.4 Å². The lowest BCUT2D eigenvalue weighted by Crippen LogP contribution is -2.35. The number of carbonyl (C=O) groups excluding carboxylic acids is 2. The lowest BCUT2D eigenvalue weighted by molar-refractivity contribution is -0.137. The highest BCUT2D eigenvalue weighted by Gasteiger charge is 2.30. The van der Waals surface area contributed by atoms with Crippen LogP contribution < -0.4 is 10.2 Å². The zero-order chi connectivity index (χ0) is 19.4. The molecule has 0 saturated carbocycles. The molecular weight excluding hydrogens is 357 g/mol. The number of para-hydroxylation sites is 1. The average molecular weight is 376 g/mol. The van der Waals surface area contributed by atoms with E-state index in [0.717, 1.165) is 36.2 Å². The van der Waals surface area contributed by atoms with Crippen molar-refractivity contribution in [3.8, 4) is 0 Å². The summed E-state index contributed by atoms with van der Waals surface area (Å²) in [6.07, 6.45) is -2.79. The molecule has 0 spiro atoms. The van der Waals surface area contributed by atoms with Gasteiger partial charge in [0.05, 0.1) is 5.56 Å². The summed E-state index contributed by atoms with van der Waals surface area (Å²) >= 11 is 0. The maximum atomic E-state index is 12.7. The predicted molar refractivity (Wildman–Crippen MR) is 96.4 cm³/mol. The second-order valence-electron chi connectivity index (χ2n) is 6.40. The molecule has 0 radical (unpaired) electrons. The smallest absolute Gasteiger partial charge is 0.326 e. The third kappa shape index (κ3) is 4.67. The molecule has 0 saturated heterocycles. The molecular formula is C20H19F3N2O2. The van der Waals surface area contributed by atoms with Crippen molar-refractivity contribution in [2.45, 2.75) is 31.9 Å². The van der Waals surface area contributed by atoms with Crippen LogP contribution in [0.4, 0.5) is 24.5 Å². The topological polar surface area (TPSA) is 49.4 Å². The van der Waals surface area contributed by atoms with Crippen molar-refractivity contribution in [2.24, 2.45) is 0 Å². The Labute approximate surface area is 155 Å². The number of carbonyl (C=O) groups is 2. The van der Waals surface area contributed by atoms with Crippen molar-refractivity contribution in [2.75, 3.05) is 16.8 Å². The number of aryl methyl sites for hydroxylation is 1. The molecule has 0 atom stereocenters. The van der Waals surface area contributed by atoms with Gasteiger partial charge in [0.15, 0.2) is 0 Å². The van der Waals surface area contributed by atoms with Gasteiger partial charge in [-0.2, -0.15) is 13.2 Å². The Bertz CT molecular complexity index is 849. The molecule has 1 N–H and O–H groups in total. The van der Waals surface area contributed by atoms with Gasteiger partial charge in [-0.05, 0) is 42.7 Å². The molecule has 2 aromatic rings. The molecule has 0 fully saturated rings. The molecule has 0 aliphatic carbocycles. The molecule has 3 rings (SSSR count). The van der Waals surface area contributed by atoms with Crippen molar-refractivity contribution in [1.29, 1.82) is 0 Å². The SMILES string of the molecule is O=C(CCC(=O)N1CCCc2ccccc21)Nc1cccc(C(F)(F)F)c1. The number of nitrogens with one attached hydrogen (secondary N) is 1. The zero-order valence-corrected chi connectivity index (χ0v) is 14.6. The normalized spacial score (nSPS) is 13.8. The van der Waals surface area contributed by atoms with Crippen LogP contribution in [0.5, 0.6) is 0 Å². The minimum atomic E-state index is -4.47. The van der Waals surface area contributed by atoms with E-state index in [1.165, 1.54) is 12.1 Å². The van der Waals surface area contributed by atoms with Crippen LogP contribution in [0.15, 0.2) is 48.5 Å². The summed E-state index contributed by atoms with van der Waals surface area (Å²) in [6, 6.07) is 12.1. The summed E-state index contributed by atoms with van der Waals surface area (Å²) in [5.74, 6) is -0.658. The first-order chi connectivity index (χ1) is 12.8. The van der Waals surface area contributed by atoms with E-state index in [0.29, 0.717) is 6.54 Å². The molecule has 1 aliphatic rings. The second kappa shape index (κ2) is 7.82. The summed E-state index contributed by atoms with van der Waals surface area (Å²) < 4.78 is 38.2. The van der Waals surface area contributed by atoms with E-state index in [4.69, 9.17) is 0 Å². The Morgan fingerprint density at radius 1 is 1.04 bits per heavy atom. The number of halogens is 3. The monoisotopic (exact) mass is 376 g/mol. The van der Waals surface area contributed by atoms with Crippen molar-refractivity contribution in [3.63, 3.8) is 0 Å². The number of fused-ring (bicyclic) bond motifs is 1. The molecule has 1 aliphatic heterocycles. The minimum absolute atomic E-state index is 0.000864. The Hall–Kier alpha value is -2.83. The van der Waals surface area contributed by atoms with Gasteiger partial charge in [-0.3, -0.25) is 9.59 Å². The maximum Gasteiger partial charge on any atom is 0.416 e. The molecule has 27 heavy (non-hydrogen) atoms.